The van der Waals surface area contributed by atoms with Crippen LogP contribution in [0.5, 0.6) is 0 Å². The molecule has 0 unspecified atom stereocenters. The number of nitrogens with two attached hydrogens (primary N) is 1. The summed E-state index contributed by atoms with van der Waals surface area (Å²) in [5, 5.41) is 0.545. The lowest BCUT2D eigenvalue weighted by atomic mass is 10.2. The molecule has 6 heteroatoms. The lowest BCUT2D eigenvalue weighted by Gasteiger charge is -2.25. The number of nitrogens with zero attached hydrogens (tertiary/aromatic N) is 2. The lowest BCUT2D eigenvalue weighted by molar-refractivity contribution is -0.117. The molecular formula is C15H15ClFN3O. The molecule has 0 saturated heterocycles. The Kier molecular flexibility index (Phi) is 5.11. The summed E-state index contributed by atoms with van der Waals surface area (Å²) < 4.78 is 13.0. The summed E-state index contributed by atoms with van der Waals surface area (Å²) in [5.41, 5.74) is 6.88. The fourth-order valence-electron chi connectivity index (χ4n) is 1.93. The van der Waals surface area contributed by atoms with E-state index in [0.717, 1.165) is 11.3 Å². The standard InChI is InChI=1S/C15H15ClFN3O/c16-14-9-19-7-5-11(14)10-20(8-6-15(18)21)13-3-1-12(17)2-4-13/h1-5,7,9H,6,8,10H2,(H2,18,21). The van der Waals surface area contributed by atoms with E-state index in [0.29, 0.717) is 18.1 Å². The predicted molar refractivity (Wildman–Crippen MR) is 80.5 cm³/mol. The first-order chi connectivity index (χ1) is 10.1. The first kappa shape index (κ1) is 15.3. The van der Waals surface area contributed by atoms with E-state index in [-0.39, 0.29) is 18.1 Å². The second-order valence-electron chi connectivity index (χ2n) is 4.58. The van der Waals surface area contributed by atoms with Gasteiger partial charge < -0.3 is 10.6 Å². The fourth-order valence-corrected chi connectivity index (χ4v) is 2.11. The largest absolute Gasteiger partial charge is 0.370 e. The van der Waals surface area contributed by atoms with Crippen LogP contribution >= 0.6 is 11.6 Å². The molecule has 110 valence electrons. The Morgan fingerprint density at radius 1 is 1.29 bits per heavy atom. The van der Waals surface area contributed by atoms with Crippen LogP contribution in [-0.4, -0.2) is 17.4 Å². The molecule has 2 rings (SSSR count). The molecular weight excluding hydrogens is 293 g/mol. The lowest BCUT2D eigenvalue weighted by Crippen LogP contribution is -2.27. The first-order valence-corrected chi connectivity index (χ1v) is 6.81. The number of rotatable bonds is 6. The van der Waals surface area contributed by atoms with Gasteiger partial charge in [-0.2, -0.15) is 0 Å². The van der Waals surface area contributed by atoms with Gasteiger partial charge in [-0.15, -0.1) is 0 Å². The van der Waals surface area contributed by atoms with E-state index in [1.807, 2.05) is 11.0 Å². The quantitative estimate of drug-likeness (QED) is 0.892. The maximum atomic E-state index is 13.0. The summed E-state index contributed by atoms with van der Waals surface area (Å²) in [6.07, 6.45) is 3.42. The van der Waals surface area contributed by atoms with Crippen LogP contribution in [0, 0.1) is 5.82 Å². The third-order valence-corrected chi connectivity index (χ3v) is 3.38. The van der Waals surface area contributed by atoms with Crippen LogP contribution in [0.1, 0.15) is 12.0 Å². The zero-order chi connectivity index (χ0) is 15.2. The highest BCUT2D eigenvalue weighted by atomic mass is 35.5. The summed E-state index contributed by atoms with van der Waals surface area (Å²) in [4.78, 5) is 16.9. The van der Waals surface area contributed by atoms with Crippen molar-refractivity contribution in [1.82, 2.24) is 4.98 Å². The van der Waals surface area contributed by atoms with Crippen molar-refractivity contribution in [2.45, 2.75) is 13.0 Å². The molecule has 4 nitrogen and oxygen atoms in total. The zero-order valence-corrected chi connectivity index (χ0v) is 12.1. The molecule has 21 heavy (non-hydrogen) atoms. The Labute approximate surface area is 127 Å². The highest BCUT2D eigenvalue weighted by Crippen LogP contribution is 2.21. The second-order valence-corrected chi connectivity index (χ2v) is 4.99. The van der Waals surface area contributed by atoms with Crippen molar-refractivity contribution in [1.29, 1.82) is 0 Å². The van der Waals surface area contributed by atoms with Gasteiger partial charge in [0.1, 0.15) is 5.82 Å². The van der Waals surface area contributed by atoms with Gasteiger partial charge in [-0.1, -0.05) is 11.6 Å². The van der Waals surface area contributed by atoms with Gasteiger partial charge in [0.25, 0.3) is 0 Å². The number of anilines is 1. The molecule has 0 bridgehead atoms. The van der Waals surface area contributed by atoms with Crippen molar-refractivity contribution in [3.05, 3.63) is 59.1 Å². The second kappa shape index (κ2) is 7.04. The molecule has 0 aliphatic heterocycles. The maximum absolute atomic E-state index is 13.0. The maximum Gasteiger partial charge on any atom is 0.219 e. The number of carbonyl (C=O) groups excluding carboxylic acids is 1. The molecule has 2 aromatic rings. The highest BCUT2D eigenvalue weighted by molar-refractivity contribution is 6.31. The van der Waals surface area contributed by atoms with Gasteiger partial charge in [0.05, 0.1) is 5.02 Å². The summed E-state index contributed by atoms with van der Waals surface area (Å²) in [5.74, 6) is -0.696. The molecule has 1 aromatic carbocycles. The van der Waals surface area contributed by atoms with E-state index in [2.05, 4.69) is 4.98 Å². The molecule has 1 heterocycles. The number of carbonyl (C=O) groups is 1. The Morgan fingerprint density at radius 3 is 2.62 bits per heavy atom. The molecule has 0 spiro atoms. The van der Waals surface area contributed by atoms with Crippen molar-refractivity contribution in [3.8, 4) is 0 Å². The van der Waals surface area contributed by atoms with Gasteiger partial charge in [0.2, 0.25) is 5.91 Å². The Balaban J connectivity index is 2.21. The Morgan fingerprint density at radius 2 is 2.00 bits per heavy atom. The van der Waals surface area contributed by atoms with E-state index in [1.165, 1.54) is 12.1 Å². The highest BCUT2D eigenvalue weighted by Gasteiger charge is 2.11. The number of pyridine rings is 1. The molecule has 0 aliphatic carbocycles. The molecule has 0 radical (unpaired) electrons. The van der Waals surface area contributed by atoms with Gasteiger partial charge >= 0.3 is 0 Å². The molecule has 2 N–H and O–H groups in total. The van der Waals surface area contributed by atoms with Gasteiger partial charge in [-0.05, 0) is 35.9 Å². The van der Waals surface area contributed by atoms with Crippen LogP contribution in [0.4, 0.5) is 10.1 Å². The summed E-state index contributed by atoms with van der Waals surface area (Å²) >= 11 is 6.10. The van der Waals surface area contributed by atoms with E-state index in [1.54, 1.807) is 24.5 Å². The molecule has 1 amide bonds. The van der Waals surface area contributed by atoms with Gasteiger partial charge in [-0.3, -0.25) is 9.78 Å². The third-order valence-electron chi connectivity index (χ3n) is 3.04. The van der Waals surface area contributed by atoms with Crippen molar-refractivity contribution in [3.63, 3.8) is 0 Å². The average Bonchev–Trinajstić information content (AvgIpc) is 2.46. The van der Waals surface area contributed by atoms with E-state index in [4.69, 9.17) is 17.3 Å². The van der Waals surface area contributed by atoms with E-state index >= 15 is 0 Å². The Hall–Kier alpha value is -2.14. The normalized spacial score (nSPS) is 10.4. The van der Waals surface area contributed by atoms with Gasteiger partial charge in [0.15, 0.2) is 0 Å². The monoisotopic (exact) mass is 307 g/mol. The van der Waals surface area contributed by atoms with Gasteiger partial charge in [0, 0.05) is 37.6 Å². The third kappa shape index (κ3) is 4.43. The number of hydrogen-bond acceptors (Lipinski definition) is 3. The Bertz CT molecular complexity index is 619. The van der Waals surface area contributed by atoms with Crippen molar-refractivity contribution in [2.75, 3.05) is 11.4 Å². The molecule has 0 fully saturated rings. The zero-order valence-electron chi connectivity index (χ0n) is 11.3. The molecule has 0 saturated carbocycles. The van der Waals surface area contributed by atoms with Crippen LogP contribution in [0.25, 0.3) is 0 Å². The topological polar surface area (TPSA) is 59.2 Å². The van der Waals surface area contributed by atoms with Crippen LogP contribution in [0.2, 0.25) is 5.02 Å². The summed E-state index contributed by atoms with van der Waals surface area (Å²) in [7, 11) is 0. The minimum atomic E-state index is -0.386. The van der Waals surface area contributed by atoms with Crippen molar-refractivity contribution < 1.29 is 9.18 Å². The number of aromatic nitrogens is 1. The van der Waals surface area contributed by atoms with E-state index in [9.17, 15) is 9.18 Å². The van der Waals surface area contributed by atoms with Crippen molar-refractivity contribution >= 4 is 23.2 Å². The number of halogens is 2. The van der Waals surface area contributed by atoms with Crippen molar-refractivity contribution in [2.24, 2.45) is 5.73 Å². The number of amides is 1. The smallest absolute Gasteiger partial charge is 0.219 e. The summed E-state index contributed by atoms with van der Waals surface area (Å²) in [6, 6.07) is 7.88. The SMILES string of the molecule is NC(=O)CCN(Cc1ccncc1Cl)c1ccc(F)cc1. The molecule has 0 atom stereocenters. The minimum absolute atomic E-state index is 0.208. The summed E-state index contributed by atoms with van der Waals surface area (Å²) in [6.45, 7) is 0.917. The van der Waals surface area contributed by atoms with Crippen LogP contribution in [0.15, 0.2) is 42.7 Å². The number of benzene rings is 1. The van der Waals surface area contributed by atoms with Gasteiger partial charge in [-0.25, -0.2) is 4.39 Å². The molecule has 1 aromatic heterocycles. The fraction of sp³-hybridized carbons (Fsp3) is 0.200. The minimum Gasteiger partial charge on any atom is -0.370 e. The van der Waals surface area contributed by atoms with Crippen LogP contribution in [0.3, 0.4) is 0 Å². The van der Waals surface area contributed by atoms with Crippen LogP contribution in [-0.2, 0) is 11.3 Å². The first-order valence-electron chi connectivity index (χ1n) is 6.43. The average molecular weight is 308 g/mol. The van der Waals surface area contributed by atoms with Crippen LogP contribution < -0.4 is 10.6 Å². The predicted octanol–water partition coefficient (Wildman–Crippen LogP) is 2.76. The number of hydrogen-bond donors (Lipinski definition) is 1. The van der Waals surface area contributed by atoms with E-state index < -0.39 is 0 Å². The molecule has 0 aliphatic rings. The number of primary amides is 1.